The third kappa shape index (κ3) is 4.06. The van der Waals surface area contributed by atoms with E-state index < -0.39 is 23.3 Å². The number of hydrogen-bond donors (Lipinski definition) is 2. The van der Waals surface area contributed by atoms with E-state index in [1.165, 1.54) is 18.2 Å². The molecule has 3 rings (SSSR count). The van der Waals surface area contributed by atoms with Crippen molar-refractivity contribution in [3.05, 3.63) is 71.0 Å². The van der Waals surface area contributed by atoms with Crippen LogP contribution in [0.2, 0.25) is 5.02 Å². The van der Waals surface area contributed by atoms with Crippen LogP contribution in [0.1, 0.15) is 16.1 Å². The molecular formula is C18H14ClF3N4O. The lowest BCUT2D eigenvalue weighted by Crippen LogP contribution is -2.20. The fourth-order valence-corrected chi connectivity index (χ4v) is 2.79. The Morgan fingerprint density at radius 1 is 1.11 bits per heavy atom. The summed E-state index contributed by atoms with van der Waals surface area (Å²) in [6, 6.07) is 12.4. The zero-order valence-electron chi connectivity index (χ0n) is 14.0. The van der Waals surface area contributed by atoms with Crippen molar-refractivity contribution in [2.75, 3.05) is 17.7 Å². The standard InChI is InChI=1S/C18H14ClF3N4O/c1-23-12-7-11(19)8-13(9-12)25-17(27)15-10-24-26(16(15)18(20,21)22)14-5-3-2-4-6-14/h2-10,23H,1H3,(H,25,27). The lowest BCUT2D eigenvalue weighted by atomic mass is 10.2. The fourth-order valence-electron chi connectivity index (χ4n) is 2.56. The van der Waals surface area contributed by atoms with Crippen LogP contribution >= 0.6 is 11.6 Å². The Kier molecular flexibility index (Phi) is 5.09. The first-order valence-corrected chi connectivity index (χ1v) is 8.17. The summed E-state index contributed by atoms with van der Waals surface area (Å²) in [5.74, 6) is -0.936. The quantitative estimate of drug-likeness (QED) is 0.665. The molecule has 140 valence electrons. The minimum Gasteiger partial charge on any atom is -0.388 e. The lowest BCUT2D eigenvalue weighted by Gasteiger charge is -2.13. The Morgan fingerprint density at radius 2 is 1.78 bits per heavy atom. The van der Waals surface area contributed by atoms with Crippen molar-refractivity contribution in [2.24, 2.45) is 0 Å². The predicted molar refractivity (Wildman–Crippen MR) is 97.5 cm³/mol. The van der Waals surface area contributed by atoms with Crippen LogP contribution in [0.4, 0.5) is 24.5 Å². The number of anilines is 2. The minimum absolute atomic E-state index is 0.198. The maximum Gasteiger partial charge on any atom is 0.434 e. The fraction of sp³-hybridized carbons (Fsp3) is 0.111. The summed E-state index contributed by atoms with van der Waals surface area (Å²) in [5, 5.41) is 9.38. The second-order valence-electron chi connectivity index (χ2n) is 5.58. The van der Waals surface area contributed by atoms with Gasteiger partial charge in [0.05, 0.1) is 17.4 Å². The number of para-hydroxylation sites is 1. The van der Waals surface area contributed by atoms with Crippen LogP contribution in [-0.2, 0) is 6.18 Å². The predicted octanol–water partition coefficient (Wildman–Crippen LogP) is 4.84. The second-order valence-corrected chi connectivity index (χ2v) is 6.02. The van der Waals surface area contributed by atoms with Gasteiger partial charge < -0.3 is 10.6 Å². The SMILES string of the molecule is CNc1cc(Cl)cc(NC(=O)c2cnn(-c3ccccc3)c2C(F)(F)F)c1. The molecule has 0 atom stereocenters. The average molecular weight is 395 g/mol. The second kappa shape index (κ2) is 7.32. The smallest absolute Gasteiger partial charge is 0.388 e. The van der Waals surface area contributed by atoms with Gasteiger partial charge in [-0.25, -0.2) is 4.68 Å². The first kappa shape index (κ1) is 18.8. The van der Waals surface area contributed by atoms with E-state index in [1.807, 2.05) is 0 Å². The lowest BCUT2D eigenvalue weighted by molar-refractivity contribution is -0.143. The molecule has 0 radical (unpaired) electrons. The van der Waals surface area contributed by atoms with Crippen LogP contribution in [0.5, 0.6) is 0 Å². The molecule has 0 bridgehead atoms. The summed E-state index contributed by atoms with van der Waals surface area (Å²) >= 11 is 5.96. The number of carbonyl (C=O) groups is 1. The number of carbonyl (C=O) groups excluding carboxylic acids is 1. The largest absolute Gasteiger partial charge is 0.434 e. The molecule has 0 saturated heterocycles. The average Bonchev–Trinajstić information content (AvgIpc) is 3.07. The van der Waals surface area contributed by atoms with Crippen LogP contribution < -0.4 is 10.6 Å². The number of alkyl halides is 3. The van der Waals surface area contributed by atoms with Crippen molar-refractivity contribution < 1.29 is 18.0 Å². The summed E-state index contributed by atoms with van der Waals surface area (Å²) in [6.45, 7) is 0. The van der Waals surface area contributed by atoms with Crippen LogP contribution in [0.25, 0.3) is 5.69 Å². The monoisotopic (exact) mass is 394 g/mol. The topological polar surface area (TPSA) is 58.9 Å². The Labute approximate surface area is 157 Å². The molecular weight excluding hydrogens is 381 g/mol. The van der Waals surface area contributed by atoms with Gasteiger partial charge in [0.25, 0.3) is 5.91 Å². The Balaban J connectivity index is 2.00. The van der Waals surface area contributed by atoms with Gasteiger partial charge in [-0.05, 0) is 30.3 Å². The molecule has 5 nitrogen and oxygen atoms in total. The molecule has 3 aromatic rings. The molecule has 1 amide bonds. The Morgan fingerprint density at radius 3 is 2.41 bits per heavy atom. The van der Waals surface area contributed by atoms with Crippen molar-refractivity contribution in [2.45, 2.75) is 6.18 Å². The van der Waals surface area contributed by atoms with Crippen molar-refractivity contribution in [3.63, 3.8) is 0 Å². The molecule has 2 aromatic carbocycles. The number of nitrogens with one attached hydrogen (secondary N) is 2. The zero-order chi connectivity index (χ0) is 19.6. The van der Waals surface area contributed by atoms with E-state index in [0.717, 1.165) is 6.20 Å². The van der Waals surface area contributed by atoms with Gasteiger partial charge in [0.2, 0.25) is 0 Å². The number of aromatic nitrogens is 2. The number of amides is 1. The van der Waals surface area contributed by atoms with E-state index in [2.05, 4.69) is 15.7 Å². The number of rotatable bonds is 4. The van der Waals surface area contributed by atoms with Crippen molar-refractivity contribution in [3.8, 4) is 5.69 Å². The molecule has 1 heterocycles. The van der Waals surface area contributed by atoms with Gasteiger partial charge in [0, 0.05) is 23.4 Å². The summed E-state index contributed by atoms with van der Waals surface area (Å²) in [7, 11) is 1.66. The van der Waals surface area contributed by atoms with Crippen LogP contribution in [0, 0.1) is 0 Å². The maximum atomic E-state index is 13.6. The van der Waals surface area contributed by atoms with E-state index in [4.69, 9.17) is 11.6 Å². The van der Waals surface area contributed by atoms with E-state index in [-0.39, 0.29) is 11.4 Å². The molecule has 0 spiro atoms. The molecule has 0 unspecified atom stereocenters. The Bertz CT molecular complexity index is 970. The van der Waals surface area contributed by atoms with Crippen LogP contribution in [0.15, 0.2) is 54.7 Å². The maximum absolute atomic E-state index is 13.6. The van der Waals surface area contributed by atoms with Crippen molar-refractivity contribution in [1.82, 2.24) is 9.78 Å². The molecule has 27 heavy (non-hydrogen) atoms. The first-order chi connectivity index (χ1) is 12.8. The van der Waals surface area contributed by atoms with E-state index in [1.54, 1.807) is 37.4 Å². The van der Waals surface area contributed by atoms with E-state index >= 15 is 0 Å². The zero-order valence-corrected chi connectivity index (χ0v) is 14.8. The molecule has 1 aromatic heterocycles. The number of halogens is 4. The number of benzene rings is 2. The van der Waals surface area contributed by atoms with Gasteiger partial charge in [-0.2, -0.15) is 18.3 Å². The highest BCUT2D eigenvalue weighted by Crippen LogP contribution is 2.34. The number of nitrogens with zero attached hydrogens (tertiary/aromatic N) is 2. The summed E-state index contributed by atoms with van der Waals surface area (Å²) in [5.41, 5.74) is -0.672. The summed E-state index contributed by atoms with van der Waals surface area (Å²) in [6.07, 6.45) is -3.88. The highest BCUT2D eigenvalue weighted by atomic mass is 35.5. The minimum atomic E-state index is -4.77. The molecule has 9 heteroatoms. The van der Waals surface area contributed by atoms with Gasteiger partial charge in [-0.3, -0.25) is 4.79 Å². The van der Waals surface area contributed by atoms with Crippen LogP contribution in [-0.4, -0.2) is 22.7 Å². The van der Waals surface area contributed by atoms with E-state index in [9.17, 15) is 18.0 Å². The first-order valence-electron chi connectivity index (χ1n) is 7.80. The van der Waals surface area contributed by atoms with Gasteiger partial charge >= 0.3 is 6.18 Å². The summed E-state index contributed by atoms with van der Waals surface area (Å²) < 4.78 is 41.6. The highest BCUT2D eigenvalue weighted by molar-refractivity contribution is 6.31. The van der Waals surface area contributed by atoms with Crippen LogP contribution in [0.3, 0.4) is 0 Å². The van der Waals surface area contributed by atoms with Gasteiger partial charge in [-0.15, -0.1) is 0 Å². The Hall–Kier alpha value is -3.00. The normalized spacial score (nSPS) is 11.3. The summed E-state index contributed by atoms with van der Waals surface area (Å²) in [4.78, 5) is 12.5. The van der Waals surface area contributed by atoms with Gasteiger partial charge in [-0.1, -0.05) is 29.8 Å². The third-order valence-electron chi connectivity index (χ3n) is 3.73. The molecule has 2 N–H and O–H groups in total. The number of hydrogen-bond acceptors (Lipinski definition) is 3. The third-order valence-corrected chi connectivity index (χ3v) is 3.95. The van der Waals surface area contributed by atoms with Gasteiger partial charge in [0.15, 0.2) is 5.69 Å². The highest BCUT2D eigenvalue weighted by Gasteiger charge is 2.40. The molecule has 0 saturated carbocycles. The molecule has 0 aliphatic rings. The molecule has 0 fully saturated rings. The van der Waals surface area contributed by atoms with Crippen molar-refractivity contribution >= 4 is 28.9 Å². The molecule has 0 aliphatic heterocycles. The van der Waals surface area contributed by atoms with E-state index in [0.29, 0.717) is 15.4 Å². The van der Waals surface area contributed by atoms with Gasteiger partial charge in [0.1, 0.15) is 0 Å². The van der Waals surface area contributed by atoms with Crippen molar-refractivity contribution in [1.29, 1.82) is 0 Å². The molecule has 0 aliphatic carbocycles.